The number of anilines is 1. The summed E-state index contributed by atoms with van der Waals surface area (Å²) in [6.07, 6.45) is 1.81. The van der Waals surface area contributed by atoms with Gasteiger partial charge in [0.05, 0.1) is 25.3 Å². The SMILES string of the molecule is CN=C(NCCCc1nc2ccccc2[nH]1)Nc1ccc(OC)c(OC)c1. The molecule has 7 nitrogen and oxygen atoms in total. The van der Waals surface area contributed by atoms with E-state index in [0.717, 1.165) is 41.9 Å². The number of aliphatic imine (C=N–C) groups is 1. The number of nitrogens with zero attached hydrogens (tertiary/aromatic N) is 2. The van der Waals surface area contributed by atoms with Gasteiger partial charge in [0.15, 0.2) is 17.5 Å². The van der Waals surface area contributed by atoms with Crippen LogP contribution in [-0.2, 0) is 6.42 Å². The van der Waals surface area contributed by atoms with Gasteiger partial charge in [-0.1, -0.05) is 12.1 Å². The Bertz CT molecular complexity index is 887. The van der Waals surface area contributed by atoms with Crippen LogP contribution in [0.2, 0.25) is 0 Å². The standard InChI is InChI=1S/C20H25N5O2/c1-21-20(23-14-10-11-17(26-2)18(13-14)27-3)22-12-6-9-19-24-15-7-4-5-8-16(15)25-19/h4-5,7-8,10-11,13H,6,9,12H2,1-3H3,(H,24,25)(H2,21,22,23). The summed E-state index contributed by atoms with van der Waals surface area (Å²) >= 11 is 0. The first-order chi connectivity index (χ1) is 13.2. The van der Waals surface area contributed by atoms with Crippen LogP contribution in [0, 0.1) is 0 Å². The van der Waals surface area contributed by atoms with Gasteiger partial charge in [0, 0.05) is 31.8 Å². The van der Waals surface area contributed by atoms with Crippen molar-refractivity contribution in [3.05, 3.63) is 48.3 Å². The molecule has 1 heterocycles. The van der Waals surface area contributed by atoms with E-state index in [0.29, 0.717) is 17.5 Å². The molecule has 7 heteroatoms. The molecule has 0 spiro atoms. The first-order valence-electron chi connectivity index (χ1n) is 8.87. The maximum atomic E-state index is 5.33. The van der Waals surface area contributed by atoms with Crippen LogP contribution in [-0.4, -0.2) is 43.7 Å². The molecule has 0 aliphatic rings. The lowest BCUT2D eigenvalue weighted by molar-refractivity contribution is 0.355. The van der Waals surface area contributed by atoms with E-state index in [1.165, 1.54) is 0 Å². The fourth-order valence-corrected chi connectivity index (χ4v) is 2.82. The molecule has 1 aromatic heterocycles. The van der Waals surface area contributed by atoms with Gasteiger partial charge in [-0.15, -0.1) is 0 Å². The second-order valence-electron chi connectivity index (χ2n) is 6.00. The number of para-hydroxylation sites is 2. The number of benzene rings is 2. The van der Waals surface area contributed by atoms with Crippen LogP contribution >= 0.6 is 0 Å². The third-order valence-electron chi connectivity index (χ3n) is 4.19. The van der Waals surface area contributed by atoms with Crippen LogP contribution in [0.4, 0.5) is 5.69 Å². The van der Waals surface area contributed by atoms with Crippen molar-refractivity contribution in [1.29, 1.82) is 0 Å². The van der Waals surface area contributed by atoms with Crippen molar-refractivity contribution < 1.29 is 9.47 Å². The van der Waals surface area contributed by atoms with E-state index >= 15 is 0 Å². The largest absolute Gasteiger partial charge is 0.493 e. The highest BCUT2D eigenvalue weighted by atomic mass is 16.5. The van der Waals surface area contributed by atoms with Crippen LogP contribution < -0.4 is 20.1 Å². The maximum absolute atomic E-state index is 5.33. The zero-order valence-electron chi connectivity index (χ0n) is 15.9. The van der Waals surface area contributed by atoms with Crippen LogP contribution in [0.3, 0.4) is 0 Å². The van der Waals surface area contributed by atoms with Gasteiger partial charge in [-0.25, -0.2) is 4.98 Å². The Morgan fingerprint density at radius 2 is 1.93 bits per heavy atom. The van der Waals surface area contributed by atoms with Crippen molar-refractivity contribution in [1.82, 2.24) is 15.3 Å². The molecule has 3 rings (SSSR count). The molecule has 2 aromatic carbocycles. The molecule has 0 saturated heterocycles. The van der Waals surface area contributed by atoms with E-state index in [1.807, 2.05) is 42.5 Å². The molecule has 0 fully saturated rings. The second kappa shape index (κ2) is 8.93. The summed E-state index contributed by atoms with van der Waals surface area (Å²) in [6.45, 7) is 0.782. The summed E-state index contributed by atoms with van der Waals surface area (Å²) < 4.78 is 10.6. The van der Waals surface area contributed by atoms with Gasteiger partial charge >= 0.3 is 0 Å². The Balaban J connectivity index is 1.50. The van der Waals surface area contributed by atoms with Gasteiger partial charge in [0.25, 0.3) is 0 Å². The smallest absolute Gasteiger partial charge is 0.195 e. The summed E-state index contributed by atoms with van der Waals surface area (Å²) in [6, 6.07) is 13.7. The zero-order valence-corrected chi connectivity index (χ0v) is 15.9. The molecule has 27 heavy (non-hydrogen) atoms. The summed E-state index contributed by atoms with van der Waals surface area (Å²) in [5.41, 5.74) is 2.95. The molecule has 142 valence electrons. The summed E-state index contributed by atoms with van der Waals surface area (Å²) in [4.78, 5) is 12.2. The monoisotopic (exact) mass is 367 g/mol. The Hall–Kier alpha value is -3.22. The lowest BCUT2D eigenvalue weighted by Gasteiger charge is -2.14. The van der Waals surface area contributed by atoms with Crippen molar-refractivity contribution in [2.24, 2.45) is 4.99 Å². The third kappa shape index (κ3) is 4.69. The topological polar surface area (TPSA) is 83.6 Å². The minimum absolute atomic E-state index is 0.669. The van der Waals surface area contributed by atoms with Crippen molar-refractivity contribution >= 4 is 22.7 Å². The minimum atomic E-state index is 0.669. The molecule has 0 saturated carbocycles. The highest BCUT2D eigenvalue weighted by Gasteiger charge is 2.06. The fraction of sp³-hybridized carbons (Fsp3) is 0.300. The van der Waals surface area contributed by atoms with E-state index in [2.05, 4.69) is 25.6 Å². The third-order valence-corrected chi connectivity index (χ3v) is 4.19. The number of nitrogens with one attached hydrogen (secondary N) is 3. The molecule has 0 aliphatic carbocycles. The van der Waals surface area contributed by atoms with Crippen molar-refractivity contribution in [2.75, 3.05) is 33.1 Å². The predicted octanol–water partition coefficient (Wildman–Crippen LogP) is 3.20. The number of imidazole rings is 1. The van der Waals surface area contributed by atoms with Gasteiger partial charge in [0.1, 0.15) is 5.82 Å². The Kier molecular flexibility index (Phi) is 6.14. The van der Waals surface area contributed by atoms with E-state index < -0.39 is 0 Å². The number of rotatable bonds is 7. The lowest BCUT2D eigenvalue weighted by atomic mass is 10.2. The molecule has 0 atom stereocenters. The van der Waals surface area contributed by atoms with Crippen LogP contribution in [0.25, 0.3) is 11.0 Å². The Morgan fingerprint density at radius 1 is 1.11 bits per heavy atom. The average Bonchev–Trinajstić information content (AvgIpc) is 3.12. The van der Waals surface area contributed by atoms with Crippen molar-refractivity contribution in [3.63, 3.8) is 0 Å². The van der Waals surface area contributed by atoms with Crippen LogP contribution in [0.15, 0.2) is 47.5 Å². The number of methoxy groups -OCH3 is 2. The summed E-state index contributed by atoms with van der Waals surface area (Å²) in [5, 5.41) is 6.57. The van der Waals surface area contributed by atoms with Gasteiger partial charge in [-0.05, 0) is 30.7 Å². The number of hydrogen-bond acceptors (Lipinski definition) is 4. The number of H-pyrrole nitrogens is 1. The van der Waals surface area contributed by atoms with Crippen LogP contribution in [0.5, 0.6) is 11.5 Å². The lowest BCUT2D eigenvalue weighted by Crippen LogP contribution is -2.31. The molecule has 3 aromatic rings. The number of fused-ring (bicyclic) bond motifs is 1. The number of aromatic nitrogens is 2. The van der Waals surface area contributed by atoms with Gasteiger partial charge in [-0.3, -0.25) is 4.99 Å². The van der Waals surface area contributed by atoms with Crippen molar-refractivity contribution in [2.45, 2.75) is 12.8 Å². The molecular formula is C20H25N5O2. The van der Waals surface area contributed by atoms with E-state index in [4.69, 9.17) is 9.47 Å². The summed E-state index contributed by atoms with van der Waals surface area (Å²) in [7, 11) is 4.98. The number of guanidine groups is 1. The molecule has 3 N–H and O–H groups in total. The highest BCUT2D eigenvalue weighted by Crippen LogP contribution is 2.29. The van der Waals surface area contributed by atoms with E-state index in [-0.39, 0.29) is 0 Å². The Labute approximate surface area is 158 Å². The quantitative estimate of drug-likeness (QED) is 0.339. The van der Waals surface area contributed by atoms with Gasteiger partial charge < -0.3 is 25.1 Å². The Morgan fingerprint density at radius 3 is 2.67 bits per heavy atom. The second-order valence-corrected chi connectivity index (χ2v) is 6.00. The number of aromatic amines is 1. The molecule has 0 radical (unpaired) electrons. The maximum Gasteiger partial charge on any atom is 0.195 e. The minimum Gasteiger partial charge on any atom is -0.493 e. The number of hydrogen-bond donors (Lipinski definition) is 3. The van der Waals surface area contributed by atoms with E-state index in [1.54, 1.807) is 21.3 Å². The first-order valence-corrected chi connectivity index (χ1v) is 8.87. The highest BCUT2D eigenvalue weighted by molar-refractivity contribution is 5.93. The molecule has 0 unspecified atom stereocenters. The van der Waals surface area contributed by atoms with Gasteiger partial charge in [0.2, 0.25) is 0 Å². The predicted molar refractivity (Wildman–Crippen MR) is 109 cm³/mol. The fourth-order valence-electron chi connectivity index (χ4n) is 2.82. The normalized spacial score (nSPS) is 11.4. The number of ether oxygens (including phenoxy) is 2. The van der Waals surface area contributed by atoms with E-state index in [9.17, 15) is 0 Å². The molecule has 0 amide bonds. The zero-order chi connectivity index (χ0) is 19.1. The average molecular weight is 367 g/mol. The number of aryl methyl sites for hydroxylation is 1. The summed E-state index contributed by atoms with van der Waals surface area (Å²) in [5.74, 6) is 3.06. The van der Waals surface area contributed by atoms with Crippen molar-refractivity contribution in [3.8, 4) is 11.5 Å². The first kappa shape index (κ1) is 18.6. The molecule has 0 aliphatic heterocycles. The van der Waals surface area contributed by atoms with Gasteiger partial charge in [-0.2, -0.15) is 0 Å². The molecule has 0 bridgehead atoms. The molecular weight excluding hydrogens is 342 g/mol. The van der Waals surface area contributed by atoms with Crippen LogP contribution in [0.1, 0.15) is 12.2 Å².